The highest BCUT2D eigenvalue weighted by Crippen LogP contribution is 2.30. The van der Waals surface area contributed by atoms with Gasteiger partial charge in [0.2, 0.25) is 0 Å². The van der Waals surface area contributed by atoms with Crippen LogP contribution in [0.2, 0.25) is 0 Å². The van der Waals surface area contributed by atoms with Crippen LogP contribution in [0.1, 0.15) is 12.8 Å². The molecule has 0 bridgehead atoms. The summed E-state index contributed by atoms with van der Waals surface area (Å²) in [6, 6.07) is 0. The van der Waals surface area contributed by atoms with Crippen LogP contribution in [0.5, 0.6) is 0 Å². The van der Waals surface area contributed by atoms with Crippen molar-refractivity contribution in [3.8, 4) is 0 Å². The average molecular weight is 210 g/mol. The van der Waals surface area contributed by atoms with Gasteiger partial charge in [0.1, 0.15) is 5.57 Å². The van der Waals surface area contributed by atoms with Crippen molar-refractivity contribution < 1.29 is 19.1 Å². The van der Waals surface area contributed by atoms with E-state index in [2.05, 4.69) is 9.47 Å². The van der Waals surface area contributed by atoms with Crippen molar-refractivity contribution in [1.82, 2.24) is 0 Å². The summed E-state index contributed by atoms with van der Waals surface area (Å²) in [7, 11) is 2.45. The van der Waals surface area contributed by atoms with Gasteiger partial charge in [-0.25, -0.2) is 9.59 Å². The fourth-order valence-electron chi connectivity index (χ4n) is 1.04. The first-order valence-corrected chi connectivity index (χ1v) is 4.74. The summed E-state index contributed by atoms with van der Waals surface area (Å²) in [6.45, 7) is 0. The molecule has 0 heterocycles. The highest BCUT2D eigenvalue weighted by molar-refractivity contribution is 6.14. The Bertz CT molecular complexity index is 293. The third-order valence-electron chi connectivity index (χ3n) is 2.08. The molecule has 0 aliphatic heterocycles. The minimum atomic E-state index is -0.678. The van der Waals surface area contributed by atoms with E-state index in [9.17, 15) is 9.59 Å². The van der Waals surface area contributed by atoms with E-state index in [1.807, 2.05) is 6.08 Å². The molecular weight excluding hydrogens is 196 g/mol. The lowest BCUT2D eigenvalue weighted by atomic mass is 10.2. The van der Waals surface area contributed by atoms with Gasteiger partial charge in [-0.3, -0.25) is 0 Å². The third kappa shape index (κ3) is 3.58. The second-order valence-corrected chi connectivity index (χ2v) is 3.29. The van der Waals surface area contributed by atoms with Crippen LogP contribution in [0.15, 0.2) is 23.8 Å². The van der Waals surface area contributed by atoms with Gasteiger partial charge in [-0.2, -0.15) is 0 Å². The van der Waals surface area contributed by atoms with Gasteiger partial charge in [-0.15, -0.1) is 0 Å². The maximum Gasteiger partial charge on any atom is 0.345 e. The molecule has 0 N–H and O–H groups in total. The largest absolute Gasteiger partial charge is 0.465 e. The van der Waals surface area contributed by atoms with Gasteiger partial charge < -0.3 is 9.47 Å². The van der Waals surface area contributed by atoms with Gasteiger partial charge >= 0.3 is 11.9 Å². The number of methoxy groups -OCH3 is 2. The normalized spacial score (nSPS) is 14.8. The molecule has 0 unspecified atom stereocenters. The first kappa shape index (κ1) is 11.5. The molecule has 0 aromatic carbocycles. The van der Waals surface area contributed by atoms with E-state index in [1.54, 1.807) is 6.08 Å². The maximum absolute atomic E-state index is 11.2. The topological polar surface area (TPSA) is 52.6 Å². The van der Waals surface area contributed by atoms with Crippen molar-refractivity contribution in [3.63, 3.8) is 0 Å². The Hall–Kier alpha value is -1.58. The molecule has 0 amide bonds. The molecule has 1 fully saturated rings. The zero-order valence-electron chi connectivity index (χ0n) is 8.86. The average Bonchev–Trinajstić information content (AvgIpc) is 3.06. The summed E-state index contributed by atoms with van der Waals surface area (Å²) < 4.78 is 8.93. The predicted molar refractivity (Wildman–Crippen MR) is 54.0 cm³/mol. The molecule has 1 aliphatic carbocycles. The van der Waals surface area contributed by atoms with E-state index in [0.717, 1.165) is 0 Å². The summed E-state index contributed by atoms with van der Waals surface area (Å²) in [5.74, 6) is -0.762. The van der Waals surface area contributed by atoms with Crippen LogP contribution in [0.25, 0.3) is 0 Å². The van der Waals surface area contributed by atoms with E-state index in [0.29, 0.717) is 5.92 Å². The van der Waals surface area contributed by atoms with Crippen LogP contribution >= 0.6 is 0 Å². The number of hydrogen-bond donors (Lipinski definition) is 0. The second-order valence-electron chi connectivity index (χ2n) is 3.29. The van der Waals surface area contributed by atoms with Crippen molar-refractivity contribution in [3.05, 3.63) is 23.8 Å². The zero-order chi connectivity index (χ0) is 11.3. The van der Waals surface area contributed by atoms with Gasteiger partial charge in [0.05, 0.1) is 14.2 Å². The van der Waals surface area contributed by atoms with E-state index in [4.69, 9.17) is 0 Å². The van der Waals surface area contributed by atoms with Crippen LogP contribution in [-0.4, -0.2) is 26.2 Å². The number of esters is 2. The van der Waals surface area contributed by atoms with Crippen LogP contribution in [-0.2, 0) is 19.1 Å². The molecule has 0 aromatic rings. The quantitative estimate of drug-likeness (QED) is 0.230. The number of carbonyl (C=O) groups excluding carboxylic acids is 2. The summed E-state index contributed by atoms with van der Waals surface area (Å²) in [4.78, 5) is 22.4. The van der Waals surface area contributed by atoms with E-state index >= 15 is 0 Å². The summed E-state index contributed by atoms with van der Waals surface area (Å²) in [6.07, 6.45) is 7.44. The number of allylic oxidation sites excluding steroid dienone is 3. The summed E-state index contributed by atoms with van der Waals surface area (Å²) >= 11 is 0. The van der Waals surface area contributed by atoms with E-state index < -0.39 is 11.9 Å². The molecule has 0 spiro atoms. The molecule has 0 saturated heterocycles. The molecule has 0 atom stereocenters. The van der Waals surface area contributed by atoms with Crippen LogP contribution in [0.4, 0.5) is 0 Å². The molecule has 0 aromatic heterocycles. The molecule has 1 aliphatic rings. The Labute approximate surface area is 88.6 Å². The number of hydrogen-bond acceptors (Lipinski definition) is 4. The first-order valence-electron chi connectivity index (χ1n) is 4.74. The van der Waals surface area contributed by atoms with Crippen molar-refractivity contribution in [2.75, 3.05) is 14.2 Å². The number of carbonyl (C=O) groups is 2. The Balaban J connectivity index is 2.69. The molecule has 1 rings (SSSR count). The lowest BCUT2D eigenvalue weighted by Crippen LogP contribution is -2.15. The minimum absolute atomic E-state index is 0.0862. The molecule has 4 heteroatoms. The highest BCUT2D eigenvalue weighted by Gasteiger charge is 2.19. The van der Waals surface area contributed by atoms with Gasteiger partial charge in [0.15, 0.2) is 0 Å². The minimum Gasteiger partial charge on any atom is -0.465 e. The van der Waals surface area contributed by atoms with Crippen molar-refractivity contribution in [2.24, 2.45) is 5.92 Å². The van der Waals surface area contributed by atoms with Crippen molar-refractivity contribution in [2.45, 2.75) is 12.8 Å². The smallest absolute Gasteiger partial charge is 0.345 e. The SMILES string of the molecule is COC(=O)C(=C/C=C/C1CC1)C(=O)OC. The standard InChI is InChI=1S/C11H14O4/c1-14-10(12)9(11(13)15-2)5-3-4-8-6-7-8/h3-5,8H,6-7H2,1-2H3/b4-3+. The zero-order valence-corrected chi connectivity index (χ0v) is 8.86. The van der Waals surface area contributed by atoms with Crippen LogP contribution in [0, 0.1) is 5.92 Å². The van der Waals surface area contributed by atoms with Gasteiger partial charge in [-0.05, 0) is 24.8 Å². The van der Waals surface area contributed by atoms with Gasteiger partial charge in [-0.1, -0.05) is 12.2 Å². The molecule has 15 heavy (non-hydrogen) atoms. The van der Waals surface area contributed by atoms with E-state index in [-0.39, 0.29) is 5.57 Å². The molecule has 4 nitrogen and oxygen atoms in total. The van der Waals surface area contributed by atoms with Crippen LogP contribution < -0.4 is 0 Å². The Morgan fingerprint density at radius 1 is 1.13 bits per heavy atom. The Kier molecular flexibility index (Phi) is 4.09. The van der Waals surface area contributed by atoms with Crippen LogP contribution in [0.3, 0.4) is 0 Å². The second kappa shape index (κ2) is 5.34. The van der Waals surface area contributed by atoms with E-state index in [1.165, 1.54) is 33.1 Å². The van der Waals surface area contributed by atoms with Crippen molar-refractivity contribution in [1.29, 1.82) is 0 Å². The number of rotatable bonds is 4. The summed E-state index contributed by atoms with van der Waals surface area (Å²) in [5, 5.41) is 0. The lowest BCUT2D eigenvalue weighted by molar-refractivity contribution is -0.144. The highest BCUT2D eigenvalue weighted by atomic mass is 16.5. The monoisotopic (exact) mass is 210 g/mol. The molecule has 0 radical (unpaired) electrons. The molecule has 1 saturated carbocycles. The maximum atomic E-state index is 11.2. The lowest BCUT2D eigenvalue weighted by Gasteiger charge is -2.01. The fourth-order valence-corrected chi connectivity index (χ4v) is 1.04. The molecule has 82 valence electrons. The summed E-state index contributed by atoms with van der Waals surface area (Å²) in [5.41, 5.74) is -0.0862. The van der Waals surface area contributed by atoms with Gasteiger partial charge in [0.25, 0.3) is 0 Å². The van der Waals surface area contributed by atoms with Gasteiger partial charge in [0, 0.05) is 0 Å². The first-order chi connectivity index (χ1) is 7.19. The third-order valence-corrected chi connectivity index (χ3v) is 2.08. The molecular formula is C11H14O4. The Morgan fingerprint density at radius 2 is 1.67 bits per heavy atom. The van der Waals surface area contributed by atoms with Crippen molar-refractivity contribution >= 4 is 11.9 Å². The Morgan fingerprint density at radius 3 is 2.07 bits per heavy atom. The number of ether oxygens (including phenoxy) is 2. The fraction of sp³-hybridized carbons (Fsp3) is 0.455. The predicted octanol–water partition coefficient (Wildman–Crippen LogP) is 1.22.